The minimum Gasteiger partial charge on any atom is -0.496 e. The SMILES string of the molecule is COc1c2c(c(OC)c3c1C(=O)C3)C(=O)C2. The molecule has 1 aromatic rings. The monoisotopic (exact) mass is 218 g/mol. The lowest BCUT2D eigenvalue weighted by atomic mass is 9.74. The van der Waals surface area contributed by atoms with Crippen LogP contribution in [0, 0.1) is 0 Å². The minimum atomic E-state index is 0.0623. The maximum absolute atomic E-state index is 11.5. The number of benzene rings is 1. The lowest BCUT2D eigenvalue weighted by Gasteiger charge is -2.31. The van der Waals surface area contributed by atoms with Gasteiger partial charge >= 0.3 is 0 Å². The molecule has 2 aliphatic carbocycles. The second-order valence-corrected chi connectivity index (χ2v) is 3.97. The van der Waals surface area contributed by atoms with Gasteiger partial charge in [-0.3, -0.25) is 9.59 Å². The second kappa shape index (κ2) is 2.84. The van der Waals surface area contributed by atoms with Gasteiger partial charge < -0.3 is 9.47 Å². The molecule has 0 spiro atoms. The van der Waals surface area contributed by atoms with Crippen LogP contribution in [0.5, 0.6) is 11.5 Å². The van der Waals surface area contributed by atoms with Gasteiger partial charge in [0, 0.05) is 24.0 Å². The van der Waals surface area contributed by atoms with Crippen molar-refractivity contribution in [2.24, 2.45) is 0 Å². The fourth-order valence-electron chi connectivity index (χ4n) is 2.47. The third-order valence-corrected chi connectivity index (χ3v) is 3.25. The summed E-state index contributed by atoms with van der Waals surface area (Å²) in [5.74, 6) is 1.27. The quantitative estimate of drug-likeness (QED) is 0.748. The van der Waals surface area contributed by atoms with Crippen molar-refractivity contribution in [2.45, 2.75) is 12.8 Å². The number of methoxy groups -OCH3 is 2. The molecule has 0 aromatic heterocycles. The Morgan fingerprint density at radius 3 is 1.44 bits per heavy atom. The summed E-state index contributed by atoms with van der Waals surface area (Å²) < 4.78 is 10.5. The van der Waals surface area contributed by atoms with E-state index in [0.717, 1.165) is 11.1 Å². The van der Waals surface area contributed by atoms with E-state index in [-0.39, 0.29) is 11.6 Å². The molecule has 1 aromatic carbocycles. The summed E-state index contributed by atoms with van der Waals surface area (Å²) in [7, 11) is 3.05. The van der Waals surface area contributed by atoms with Crippen LogP contribution in [0.25, 0.3) is 0 Å². The molecular formula is C12H10O4. The summed E-state index contributed by atoms with van der Waals surface area (Å²) in [4.78, 5) is 23.0. The summed E-state index contributed by atoms with van der Waals surface area (Å²) in [6.45, 7) is 0. The molecule has 0 radical (unpaired) electrons. The maximum atomic E-state index is 11.5. The van der Waals surface area contributed by atoms with Gasteiger partial charge in [-0.25, -0.2) is 0 Å². The average molecular weight is 218 g/mol. The number of hydrogen-bond donors (Lipinski definition) is 0. The van der Waals surface area contributed by atoms with Gasteiger partial charge in [0.1, 0.15) is 11.5 Å². The molecule has 2 aliphatic rings. The Hall–Kier alpha value is -1.84. The van der Waals surface area contributed by atoms with E-state index < -0.39 is 0 Å². The number of ether oxygens (including phenoxy) is 2. The molecule has 4 nitrogen and oxygen atoms in total. The Morgan fingerprint density at radius 1 is 0.812 bits per heavy atom. The van der Waals surface area contributed by atoms with Crippen LogP contribution in [0.3, 0.4) is 0 Å². The zero-order chi connectivity index (χ0) is 11.4. The van der Waals surface area contributed by atoms with Crippen molar-refractivity contribution in [1.29, 1.82) is 0 Å². The van der Waals surface area contributed by atoms with Crippen molar-refractivity contribution in [3.05, 3.63) is 22.3 Å². The first-order valence-corrected chi connectivity index (χ1v) is 5.05. The first-order chi connectivity index (χ1) is 7.69. The normalized spacial score (nSPS) is 15.9. The smallest absolute Gasteiger partial charge is 0.171 e. The molecule has 4 heteroatoms. The van der Waals surface area contributed by atoms with Crippen LogP contribution in [-0.4, -0.2) is 25.8 Å². The fraction of sp³-hybridized carbons (Fsp3) is 0.333. The number of Topliss-reactive ketones (excluding diaryl/α,β-unsaturated/α-hetero) is 2. The molecular weight excluding hydrogens is 208 g/mol. The largest absolute Gasteiger partial charge is 0.496 e. The van der Waals surface area contributed by atoms with Gasteiger partial charge in [0.15, 0.2) is 11.6 Å². The van der Waals surface area contributed by atoms with Crippen molar-refractivity contribution in [3.63, 3.8) is 0 Å². The molecule has 0 atom stereocenters. The highest BCUT2D eigenvalue weighted by atomic mass is 16.5. The Morgan fingerprint density at radius 2 is 1.19 bits per heavy atom. The fourth-order valence-corrected chi connectivity index (χ4v) is 2.47. The molecule has 0 heterocycles. The first-order valence-electron chi connectivity index (χ1n) is 5.05. The third-order valence-electron chi connectivity index (χ3n) is 3.25. The van der Waals surface area contributed by atoms with Gasteiger partial charge in [0.05, 0.1) is 25.3 Å². The molecule has 0 N–H and O–H groups in total. The molecule has 0 unspecified atom stereocenters. The van der Waals surface area contributed by atoms with Crippen LogP contribution in [0.15, 0.2) is 0 Å². The van der Waals surface area contributed by atoms with Gasteiger partial charge in [-0.1, -0.05) is 0 Å². The van der Waals surface area contributed by atoms with E-state index in [9.17, 15) is 9.59 Å². The molecule has 0 aliphatic heterocycles. The highest BCUT2D eigenvalue weighted by Gasteiger charge is 2.42. The Balaban J connectivity index is 2.35. The van der Waals surface area contributed by atoms with Gasteiger partial charge in [0.25, 0.3) is 0 Å². The maximum Gasteiger partial charge on any atom is 0.171 e. The predicted octanol–water partition coefficient (Wildman–Crippen LogP) is 1.18. The van der Waals surface area contributed by atoms with Crippen molar-refractivity contribution in [1.82, 2.24) is 0 Å². The van der Waals surface area contributed by atoms with Crippen LogP contribution in [0.4, 0.5) is 0 Å². The third kappa shape index (κ3) is 0.852. The summed E-state index contributed by atoms with van der Waals surface area (Å²) in [6.07, 6.45) is 0.685. The number of fused-ring (bicyclic) bond motifs is 2. The molecule has 16 heavy (non-hydrogen) atoms. The highest BCUT2D eigenvalue weighted by molar-refractivity contribution is 6.17. The number of carbonyl (C=O) groups is 2. The van der Waals surface area contributed by atoms with Crippen LogP contribution in [0.1, 0.15) is 31.8 Å². The number of carbonyl (C=O) groups excluding carboxylic acids is 2. The number of ketones is 2. The Labute approximate surface area is 92.2 Å². The summed E-state index contributed by atoms with van der Waals surface area (Å²) in [5.41, 5.74) is 2.84. The van der Waals surface area contributed by atoms with E-state index >= 15 is 0 Å². The van der Waals surface area contributed by atoms with Crippen molar-refractivity contribution < 1.29 is 19.1 Å². The topological polar surface area (TPSA) is 52.6 Å². The van der Waals surface area contributed by atoms with Gasteiger partial charge in [-0.2, -0.15) is 0 Å². The summed E-state index contributed by atoms with van der Waals surface area (Å²) in [5, 5.41) is 0. The van der Waals surface area contributed by atoms with E-state index in [2.05, 4.69) is 0 Å². The molecule has 0 saturated carbocycles. The molecule has 0 saturated heterocycles. The minimum absolute atomic E-state index is 0.0623. The molecule has 0 fully saturated rings. The summed E-state index contributed by atoms with van der Waals surface area (Å²) in [6, 6.07) is 0. The Kier molecular flexibility index (Phi) is 1.67. The van der Waals surface area contributed by atoms with Gasteiger partial charge in [0.2, 0.25) is 0 Å². The van der Waals surface area contributed by atoms with Crippen molar-refractivity contribution >= 4 is 11.6 Å². The Bertz CT molecular complexity index is 493. The van der Waals surface area contributed by atoms with E-state index in [0.29, 0.717) is 35.5 Å². The van der Waals surface area contributed by atoms with Crippen LogP contribution in [0.2, 0.25) is 0 Å². The zero-order valence-electron chi connectivity index (χ0n) is 9.05. The van der Waals surface area contributed by atoms with E-state index in [1.807, 2.05) is 0 Å². The van der Waals surface area contributed by atoms with Gasteiger partial charge in [-0.05, 0) is 0 Å². The van der Waals surface area contributed by atoms with Crippen molar-refractivity contribution in [2.75, 3.05) is 14.2 Å². The van der Waals surface area contributed by atoms with Crippen LogP contribution >= 0.6 is 0 Å². The van der Waals surface area contributed by atoms with E-state index in [4.69, 9.17) is 9.47 Å². The van der Waals surface area contributed by atoms with Crippen molar-refractivity contribution in [3.8, 4) is 11.5 Å². The van der Waals surface area contributed by atoms with Gasteiger partial charge in [-0.15, -0.1) is 0 Å². The van der Waals surface area contributed by atoms with E-state index in [1.165, 1.54) is 14.2 Å². The lowest BCUT2D eigenvalue weighted by molar-refractivity contribution is 0.0935. The lowest BCUT2D eigenvalue weighted by Crippen LogP contribution is -2.30. The highest BCUT2D eigenvalue weighted by Crippen LogP contribution is 2.48. The molecule has 82 valence electrons. The average Bonchev–Trinajstić information content (AvgIpc) is 2.26. The second-order valence-electron chi connectivity index (χ2n) is 3.97. The first kappa shape index (κ1) is 9.39. The molecule has 0 bridgehead atoms. The van der Waals surface area contributed by atoms with Crippen LogP contribution < -0.4 is 9.47 Å². The van der Waals surface area contributed by atoms with Crippen LogP contribution in [-0.2, 0) is 12.8 Å². The zero-order valence-corrected chi connectivity index (χ0v) is 9.05. The number of rotatable bonds is 2. The van der Waals surface area contributed by atoms with E-state index in [1.54, 1.807) is 0 Å². The predicted molar refractivity (Wildman–Crippen MR) is 55.6 cm³/mol. The number of hydrogen-bond acceptors (Lipinski definition) is 4. The summed E-state index contributed by atoms with van der Waals surface area (Å²) >= 11 is 0. The molecule has 3 rings (SSSR count). The standard InChI is InChI=1S/C12H10O4/c1-15-11-5-3-8(14)10(5)12(16-2)6-4-7(13)9(6)11/h3-4H2,1-2H3. The molecule has 0 amide bonds.